The lowest BCUT2D eigenvalue weighted by molar-refractivity contribution is -0.170. The van der Waals surface area contributed by atoms with Gasteiger partial charge >= 0.3 is 0 Å². The summed E-state index contributed by atoms with van der Waals surface area (Å²) in [5.41, 5.74) is 4.33. The number of carbonyl (C=O) groups excluding carboxylic acids is 1. The molecule has 0 spiro atoms. The van der Waals surface area contributed by atoms with Gasteiger partial charge in [-0.3, -0.25) is 4.79 Å². The van der Waals surface area contributed by atoms with Crippen molar-refractivity contribution in [2.45, 2.75) is 97.8 Å². The van der Waals surface area contributed by atoms with Gasteiger partial charge in [-0.25, -0.2) is 5.43 Å². The zero-order valence-corrected chi connectivity index (χ0v) is 20.4. The van der Waals surface area contributed by atoms with Gasteiger partial charge < -0.3 is 4.74 Å². The molecule has 1 aromatic rings. The summed E-state index contributed by atoms with van der Waals surface area (Å²) >= 11 is 0. The van der Waals surface area contributed by atoms with Crippen LogP contribution >= 0.6 is 0 Å². The molecule has 32 heavy (non-hydrogen) atoms. The van der Waals surface area contributed by atoms with Gasteiger partial charge in [0.05, 0.1) is 18.2 Å². The SMILES string of the molecule is CCCCCCCCOc1ccc(C=NNC(=O)C23CC4CC(C)(CC(C)(C4)C2)C3)cc1. The van der Waals surface area contributed by atoms with Crippen LogP contribution in [0.5, 0.6) is 5.75 Å². The molecule has 4 fully saturated rings. The molecule has 0 heterocycles. The summed E-state index contributed by atoms with van der Waals surface area (Å²) in [6.45, 7) is 7.82. The maximum atomic E-state index is 13.2. The lowest BCUT2D eigenvalue weighted by atomic mass is 9.40. The number of hydrogen-bond acceptors (Lipinski definition) is 3. The van der Waals surface area contributed by atoms with Crippen molar-refractivity contribution in [2.75, 3.05) is 6.61 Å². The Morgan fingerprint density at radius 3 is 2.31 bits per heavy atom. The van der Waals surface area contributed by atoms with E-state index < -0.39 is 0 Å². The van der Waals surface area contributed by atoms with Crippen LogP contribution in [-0.4, -0.2) is 18.7 Å². The van der Waals surface area contributed by atoms with E-state index in [9.17, 15) is 4.79 Å². The molecule has 0 radical (unpaired) electrons. The topological polar surface area (TPSA) is 50.7 Å². The molecule has 4 saturated carbocycles. The van der Waals surface area contributed by atoms with Crippen molar-refractivity contribution in [1.82, 2.24) is 5.43 Å². The van der Waals surface area contributed by atoms with Crippen molar-refractivity contribution in [3.63, 3.8) is 0 Å². The van der Waals surface area contributed by atoms with Crippen LogP contribution in [0.3, 0.4) is 0 Å². The minimum absolute atomic E-state index is 0.134. The third kappa shape index (κ3) is 5.38. The molecule has 4 bridgehead atoms. The lowest BCUT2D eigenvalue weighted by Crippen LogP contribution is -2.59. The van der Waals surface area contributed by atoms with E-state index in [0.717, 1.165) is 43.6 Å². The third-order valence-electron chi connectivity index (χ3n) is 8.13. The highest BCUT2D eigenvalue weighted by Gasteiger charge is 2.62. The predicted octanol–water partition coefficient (Wildman–Crippen LogP) is 6.87. The molecule has 176 valence electrons. The molecule has 2 atom stereocenters. The van der Waals surface area contributed by atoms with E-state index in [1.54, 1.807) is 6.21 Å². The third-order valence-corrected chi connectivity index (χ3v) is 8.13. The fourth-order valence-electron chi connectivity index (χ4n) is 7.71. The number of rotatable bonds is 11. The quantitative estimate of drug-likeness (QED) is 0.233. The van der Waals surface area contributed by atoms with Gasteiger partial charge in [0.2, 0.25) is 5.91 Å². The largest absolute Gasteiger partial charge is 0.494 e. The Labute approximate surface area is 194 Å². The number of carbonyl (C=O) groups is 1. The van der Waals surface area contributed by atoms with Gasteiger partial charge in [-0.15, -0.1) is 0 Å². The van der Waals surface area contributed by atoms with Crippen LogP contribution in [0.15, 0.2) is 29.4 Å². The number of benzene rings is 1. The van der Waals surface area contributed by atoms with Crippen LogP contribution in [0.4, 0.5) is 0 Å². The van der Waals surface area contributed by atoms with E-state index in [2.05, 4.69) is 31.3 Å². The number of unbranched alkanes of at least 4 members (excludes halogenated alkanes) is 5. The Morgan fingerprint density at radius 2 is 1.66 bits per heavy atom. The van der Waals surface area contributed by atoms with Crippen LogP contribution in [0.2, 0.25) is 0 Å². The number of hydrogen-bond donors (Lipinski definition) is 1. The number of amides is 1. The molecular formula is C28H42N2O2. The Morgan fingerprint density at radius 1 is 1.00 bits per heavy atom. The number of ether oxygens (including phenoxy) is 1. The smallest absolute Gasteiger partial charge is 0.246 e. The van der Waals surface area contributed by atoms with Crippen LogP contribution < -0.4 is 10.2 Å². The summed E-state index contributed by atoms with van der Waals surface area (Å²) < 4.78 is 5.85. The first-order valence-electron chi connectivity index (χ1n) is 12.9. The van der Waals surface area contributed by atoms with Crippen LogP contribution in [0.1, 0.15) is 103 Å². The maximum absolute atomic E-state index is 13.2. The van der Waals surface area contributed by atoms with E-state index in [1.165, 1.54) is 51.4 Å². The summed E-state index contributed by atoms with van der Waals surface area (Å²) in [6, 6.07) is 7.97. The van der Waals surface area contributed by atoms with Gasteiger partial charge in [0.15, 0.2) is 0 Å². The summed E-state index contributed by atoms with van der Waals surface area (Å²) in [5, 5.41) is 4.32. The summed E-state index contributed by atoms with van der Waals surface area (Å²) in [7, 11) is 0. The zero-order chi connectivity index (χ0) is 22.7. The molecule has 4 nitrogen and oxygen atoms in total. The minimum atomic E-state index is -0.214. The molecule has 4 aliphatic carbocycles. The molecular weight excluding hydrogens is 396 g/mol. The summed E-state index contributed by atoms with van der Waals surface area (Å²) in [6.07, 6.45) is 16.3. The molecule has 0 saturated heterocycles. The van der Waals surface area contributed by atoms with Crippen molar-refractivity contribution in [3.05, 3.63) is 29.8 Å². The second-order valence-corrected chi connectivity index (χ2v) is 11.8. The van der Waals surface area contributed by atoms with Crippen LogP contribution in [0.25, 0.3) is 0 Å². The van der Waals surface area contributed by atoms with Gasteiger partial charge in [0, 0.05) is 0 Å². The van der Waals surface area contributed by atoms with Crippen molar-refractivity contribution in [3.8, 4) is 5.75 Å². The molecule has 2 unspecified atom stereocenters. The Balaban J connectivity index is 1.23. The standard InChI is InChI=1S/C28H42N2O2/c1-4-5-6-7-8-9-14-32-24-12-10-22(11-13-24)18-29-30-25(31)28-17-23-15-26(2,20-28)19-27(3,16-23)21-28/h10-13,18,23H,4-9,14-17,19-21H2,1-3H3,(H,30,31). The van der Waals surface area contributed by atoms with Gasteiger partial charge in [-0.2, -0.15) is 5.10 Å². The summed E-state index contributed by atoms with van der Waals surface area (Å²) in [5.74, 6) is 1.74. The second-order valence-electron chi connectivity index (χ2n) is 11.8. The molecule has 0 aliphatic heterocycles. The number of nitrogens with one attached hydrogen (secondary N) is 1. The van der Waals surface area contributed by atoms with Crippen molar-refractivity contribution in [2.24, 2.45) is 27.3 Å². The van der Waals surface area contributed by atoms with Gasteiger partial charge in [0.25, 0.3) is 0 Å². The molecule has 0 aromatic heterocycles. The normalized spacial score (nSPS) is 33.0. The monoisotopic (exact) mass is 438 g/mol. The predicted molar refractivity (Wildman–Crippen MR) is 131 cm³/mol. The first-order valence-corrected chi connectivity index (χ1v) is 12.9. The van der Waals surface area contributed by atoms with Gasteiger partial charge in [-0.1, -0.05) is 52.9 Å². The molecule has 1 aromatic carbocycles. The van der Waals surface area contributed by atoms with E-state index in [1.807, 2.05) is 24.3 Å². The Kier molecular flexibility index (Phi) is 6.97. The number of hydrazone groups is 1. The van der Waals surface area contributed by atoms with Crippen LogP contribution in [-0.2, 0) is 4.79 Å². The first kappa shape index (κ1) is 23.3. The molecule has 4 aliphatic rings. The van der Waals surface area contributed by atoms with Crippen molar-refractivity contribution < 1.29 is 9.53 Å². The second kappa shape index (κ2) is 9.57. The highest BCUT2D eigenvalue weighted by Crippen LogP contribution is 2.69. The average molecular weight is 439 g/mol. The fraction of sp³-hybridized carbons (Fsp3) is 0.714. The van der Waals surface area contributed by atoms with E-state index >= 15 is 0 Å². The molecule has 5 rings (SSSR count). The highest BCUT2D eigenvalue weighted by atomic mass is 16.5. The van der Waals surface area contributed by atoms with Crippen LogP contribution in [0, 0.1) is 22.2 Å². The zero-order valence-electron chi connectivity index (χ0n) is 20.4. The summed E-state index contributed by atoms with van der Waals surface area (Å²) in [4.78, 5) is 13.2. The van der Waals surface area contributed by atoms with E-state index in [4.69, 9.17) is 4.74 Å². The lowest BCUT2D eigenvalue weighted by Gasteiger charge is -2.64. The molecule has 1 N–H and O–H groups in total. The minimum Gasteiger partial charge on any atom is -0.494 e. The fourth-order valence-corrected chi connectivity index (χ4v) is 7.71. The highest BCUT2D eigenvalue weighted by molar-refractivity contribution is 5.86. The van der Waals surface area contributed by atoms with Gasteiger partial charge in [0.1, 0.15) is 5.75 Å². The van der Waals surface area contributed by atoms with E-state index in [-0.39, 0.29) is 11.3 Å². The molecule has 1 amide bonds. The Hall–Kier alpha value is -1.84. The number of nitrogens with zero attached hydrogens (tertiary/aromatic N) is 1. The maximum Gasteiger partial charge on any atom is 0.246 e. The molecule has 4 heteroatoms. The average Bonchev–Trinajstić information content (AvgIpc) is 2.71. The van der Waals surface area contributed by atoms with E-state index in [0.29, 0.717) is 16.7 Å². The first-order chi connectivity index (χ1) is 15.3. The van der Waals surface area contributed by atoms with Gasteiger partial charge in [-0.05, 0) is 91.5 Å². The Bertz CT molecular complexity index is 797. The van der Waals surface area contributed by atoms with Crippen molar-refractivity contribution in [1.29, 1.82) is 0 Å². The van der Waals surface area contributed by atoms with Crippen molar-refractivity contribution >= 4 is 12.1 Å².